The number of fused-ring (bicyclic) bond motifs is 1. The van der Waals surface area contributed by atoms with Gasteiger partial charge in [-0.05, 0) is 31.4 Å². The van der Waals surface area contributed by atoms with Crippen LogP contribution >= 0.6 is 0 Å². The topological polar surface area (TPSA) is 72.7 Å². The van der Waals surface area contributed by atoms with Crippen LogP contribution in [0.4, 0.5) is 11.4 Å². The van der Waals surface area contributed by atoms with Crippen molar-refractivity contribution in [2.75, 3.05) is 18.1 Å². The zero-order valence-electron chi connectivity index (χ0n) is 11.0. The number of nitrogens with zero attached hydrogens (tertiary/aromatic N) is 2. The van der Waals surface area contributed by atoms with Gasteiger partial charge in [-0.25, -0.2) is 0 Å². The molecule has 2 atom stereocenters. The second-order valence-electron chi connectivity index (χ2n) is 5.22. The summed E-state index contributed by atoms with van der Waals surface area (Å²) in [5.41, 5.74) is 0.930. The average Bonchev–Trinajstić information content (AvgIpc) is 2.95. The Hall–Kier alpha value is -1.95. The number of anilines is 1. The van der Waals surface area contributed by atoms with E-state index in [0.717, 1.165) is 19.3 Å². The number of benzene rings is 1. The van der Waals surface area contributed by atoms with E-state index in [1.54, 1.807) is 12.1 Å². The van der Waals surface area contributed by atoms with Crippen LogP contribution in [0.5, 0.6) is 0 Å². The van der Waals surface area contributed by atoms with Gasteiger partial charge in [0.15, 0.2) is 0 Å². The lowest BCUT2D eigenvalue weighted by molar-refractivity contribution is -0.384. The van der Waals surface area contributed by atoms with Crippen molar-refractivity contribution < 1.29 is 14.5 Å². The molecule has 2 aliphatic rings. The lowest BCUT2D eigenvalue weighted by Gasteiger charge is -2.39. The fraction of sp³-hybridized carbons (Fsp3) is 0.500. The first-order valence-corrected chi connectivity index (χ1v) is 6.82. The van der Waals surface area contributed by atoms with E-state index in [-0.39, 0.29) is 17.8 Å². The van der Waals surface area contributed by atoms with Gasteiger partial charge in [0.05, 0.1) is 23.7 Å². The van der Waals surface area contributed by atoms with Crippen molar-refractivity contribution in [2.24, 2.45) is 0 Å². The van der Waals surface area contributed by atoms with Crippen LogP contribution in [-0.4, -0.2) is 36.5 Å². The normalized spacial score (nSPS) is 25.3. The number of hydrogen-bond donors (Lipinski definition) is 0. The quantitative estimate of drug-likeness (QED) is 0.480. The van der Waals surface area contributed by atoms with Crippen LogP contribution in [-0.2, 0) is 4.74 Å². The largest absolute Gasteiger partial charge is 0.374 e. The molecule has 1 saturated heterocycles. The average molecular weight is 276 g/mol. The molecule has 3 rings (SSSR count). The molecule has 0 aromatic heterocycles. The Morgan fingerprint density at radius 2 is 2.25 bits per heavy atom. The Labute approximate surface area is 116 Å². The summed E-state index contributed by atoms with van der Waals surface area (Å²) in [6.07, 6.45) is 3.91. The molecule has 1 aliphatic heterocycles. The molecule has 6 nitrogen and oxygen atoms in total. The predicted molar refractivity (Wildman–Crippen MR) is 73.2 cm³/mol. The van der Waals surface area contributed by atoms with E-state index < -0.39 is 4.92 Å². The third kappa shape index (κ3) is 2.16. The monoisotopic (exact) mass is 276 g/mol. The lowest BCUT2D eigenvalue weighted by atomic mass is 10.1. The number of morpholine rings is 1. The van der Waals surface area contributed by atoms with E-state index in [0.29, 0.717) is 30.7 Å². The molecule has 0 amide bonds. The van der Waals surface area contributed by atoms with Crippen LogP contribution in [0.25, 0.3) is 0 Å². The minimum absolute atomic E-state index is 0.00199. The third-order valence-electron chi connectivity index (χ3n) is 4.12. The van der Waals surface area contributed by atoms with Crippen molar-refractivity contribution >= 4 is 17.7 Å². The first kappa shape index (κ1) is 13.1. The summed E-state index contributed by atoms with van der Waals surface area (Å²) < 4.78 is 5.73. The van der Waals surface area contributed by atoms with Crippen molar-refractivity contribution in [3.63, 3.8) is 0 Å². The molecule has 0 spiro atoms. The first-order valence-electron chi connectivity index (χ1n) is 6.82. The van der Waals surface area contributed by atoms with Gasteiger partial charge >= 0.3 is 0 Å². The van der Waals surface area contributed by atoms with Crippen molar-refractivity contribution in [3.8, 4) is 0 Å². The van der Waals surface area contributed by atoms with Crippen molar-refractivity contribution in [3.05, 3.63) is 33.9 Å². The Morgan fingerprint density at radius 3 is 3.00 bits per heavy atom. The van der Waals surface area contributed by atoms with Gasteiger partial charge in [-0.1, -0.05) is 0 Å². The van der Waals surface area contributed by atoms with Gasteiger partial charge in [0.25, 0.3) is 5.69 Å². The van der Waals surface area contributed by atoms with Crippen LogP contribution in [0.1, 0.15) is 29.6 Å². The number of nitro benzene ring substituents is 1. The van der Waals surface area contributed by atoms with Crippen molar-refractivity contribution in [1.82, 2.24) is 0 Å². The summed E-state index contributed by atoms with van der Waals surface area (Å²) in [6.45, 7) is 1.25. The Bertz CT molecular complexity index is 546. The predicted octanol–water partition coefficient (Wildman–Crippen LogP) is 2.17. The summed E-state index contributed by atoms with van der Waals surface area (Å²) in [7, 11) is 0. The molecule has 6 heteroatoms. The van der Waals surface area contributed by atoms with Crippen LogP contribution in [0, 0.1) is 10.1 Å². The second-order valence-corrected chi connectivity index (χ2v) is 5.22. The van der Waals surface area contributed by atoms with Gasteiger partial charge in [-0.2, -0.15) is 0 Å². The summed E-state index contributed by atoms with van der Waals surface area (Å²) in [5.74, 6) is 0. The van der Waals surface area contributed by atoms with E-state index >= 15 is 0 Å². The fourth-order valence-electron chi connectivity index (χ4n) is 3.23. The first-order chi connectivity index (χ1) is 9.70. The van der Waals surface area contributed by atoms with Gasteiger partial charge in [-0.3, -0.25) is 14.9 Å². The Kier molecular flexibility index (Phi) is 3.40. The fourth-order valence-corrected chi connectivity index (χ4v) is 3.23. The van der Waals surface area contributed by atoms with Gasteiger partial charge in [0, 0.05) is 18.2 Å². The van der Waals surface area contributed by atoms with E-state index in [2.05, 4.69) is 4.90 Å². The zero-order valence-corrected chi connectivity index (χ0v) is 11.0. The van der Waals surface area contributed by atoms with Crippen LogP contribution < -0.4 is 4.90 Å². The van der Waals surface area contributed by atoms with Gasteiger partial charge in [-0.15, -0.1) is 0 Å². The van der Waals surface area contributed by atoms with Crippen LogP contribution in [0.15, 0.2) is 18.2 Å². The highest BCUT2D eigenvalue weighted by Crippen LogP contribution is 2.37. The highest BCUT2D eigenvalue weighted by atomic mass is 16.6. The number of aldehydes is 1. The van der Waals surface area contributed by atoms with Gasteiger partial charge in [0.2, 0.25) is 0 Å². The standard InChI is InChI=1S/C14H16N2O4/c17-9-10-4-5-11(13(8-10)16(18)19)15-6-7-20-14-3-1-2-12(14)15/h4-5,8-9,12,14H,1-3,6-7H2. The molecule has 20 heavy (non-hydrogen) atoms. The maximum atomic E-state index is 11.3. The molecule has 2 fully saturated rings. The minimum atomic E-state index is -0.415. The van der Waals surface area contributed by atoms with E-state index in [1.807, 2.05) is 0 Å². The van der Waals surface area contributed by atoms with Gasteiger partial charge < -0.3 is 9.64 Å². The lowest BCUT2D eigenvalue weighted by Crippen LogP contribution is -2.48. The molecule has 106 valence electrons. The smallest absolute Gasteiger partial charge is 0.293 e. The number of hydrogen-bond acceptors (Lipinski definition) is 5. The third-order valence-corrected chi connectivity index (χ3v) is 4.12. The number of ether oxygens (including phenoxy) is 1. The molecule has 0 radical (unpaired) electrons. The number of carbonyl (C=O) groups is 1. The van der Waals surface area contributed by atoms with Crippen LogP contribution in [0.2, 0.25) is 0 Å². The molecule has 1 aromatic carbocycles. The molecule has 1 saturated carbocycles. The summed E-state index contributed by atoms with van der Waals surface area (Å²) in [4.78, 5) is 23.7. The molecular weight excluding hydrogens is 260 g/mol. The number of nitro groups is 1. The SMILES string of the molecule is O=Cc1ccc(N2CCOC3CCCC32)c([N+](=O)[O-])c1. The van der Waals surface area contributed by atoms with E-state index in [4.69, 9.17) is 4.74 Å². The summed E-state index contributed by atoms with van der Waals surface area (Å²) in [5, 5.41) is 11.3. The minimum Gasteiger partial charge on any atom is -0.374 e. The van der Waals surface area contributed by atoms with Crippen molar-refractivity contribution in [2.45, 2.75) is 31.4 Å². The van der Waals surface area contributed by atoms with Crippen LogP contribution in [0.3, 0.4) is 0 Å². The van der Waals surface area contributed by atoms with Gasteiger partial charge in [0.1, 0.15) is 12.0 Å². The molecule has 0 bridgehead atoms. The van der Waals surface area contributed by atoms with Crippen molar-refractivity contribution in [1.29, 1.82) is 0 Å². The molecule has 1 aromatic rings. The maximum absolute atomic E-state index is 11.3. The zero-order chi connectivity index (χ0) is 14.1. The number of carbonyl (C=O) groups excluding carboxylic acids is 1. The second kappa shape index (κ2) is 5.20. The highest BCUT2D eigenvalue weighted by molar-refractivity contribution is 5.79. The molecule has 0 N–H and O–H groups in total. The van der Waals surface area contributed by atoms with E-state index in [9.17, 15) is 14.9 Å². The van der Waals surface area contributed by atoms with E-state index in [1.165, 1.54) is 6.07 Å². The summed E-state index contributed by atoms with van der Waals surface area (Å²) in [6, 6.07) is 4.88. The summed E-state index contributed by atoms with van der Waals surface area (Å²) >= 11 is 0. The molecule has 2 unspecified atom stereocenters. The highest BCUT2D eigenvalue weighted by Gasteiger charge is 2.38. The molecular formula is C14H16N2O4. The maximum Gasteiger partial charge on any atom is 0.293 e. The molecule has 1 heterocycles. The Balaban J connectivity index is 2.00. The number of rotatable bonds is 3. The Morgan fingerprint density at radius 1 is 1.40 bits per heavy atom. The molecule has 1 aliphatic carbocycles.